The molecule has 0 fully saturated rings. The quantitative estimate of drug-likeness (QED) is 0.359. The maximum Gasteiger partial charge on any atom is 0.282 e. The Balaban J connectivity index is 1.32. The molecule has 0 bridgehead atoms. The van der Waals surface area contributed by atoms with Crippen molar-refractivity contribution in [1.82, 2.24) is 9.66 Å². The van der Waals surface area contributed by atoms with Gasteiger partial charge >= 0.3 is 0 Å². The Morgan fingerprint density at radius 1 is 1.19 bits per heavy atom. The SMILES string of the molecule is O=c1c2c3c(sc2ncn1/N=C/c1ccc(OCc2c(F)cccc2Cl)cc1)CCCC3. The van der Waals surface area contributed by atoms with Gasteiger partial charge in [-0.05, 0) is 73.2 Å². The first-order valence-electron chi connectivity index (χ1n) is 10.3. The van der Waals surface area contributed by atoms with Gasteiger partial charge in [0.2, 0.25) is 0 Å². The second-order valence-electron chi connectivity index (χ2n) is 7.59. The second-order valence-corrected chi connectivity index (χ2v) is 9.08. The van der Waals surface area contributed by atoms with E-state index in [1.165, 1.54) is 28.4 Å². The van der Waals surface area contributed by atoms with Gasteiger partial charge in [0, 0.05) is 10.4 Å². The molecule has 162 valence electrons. The lowest BCUT2D eigenvalue weighted by Gasteiger charge is -2.09. The molecule has 0 amide bonds. The summed E-state index contributed by atoms with van der Waals surface area (Å²) in [5.74, 6) is 0.177. The van der Waals surface area contributed by atoms with Gasteiger partial charge in [-0.15, -0.1) is 11.3 Å². The summed E-state index contributed by atoms with van der Waals surface area (Å²) >= 11 is 7.65. The van der Waals surface area contributed by atoms with Gasteiger partial charge in [0.1, 0.15) is 29.3 Å². The van der Waals surface area contributed by atoms with Crippen molar-refractivity contribution < 1.29 is 9.13 Å². The highest BCUT2D eigenvalue weighted by atomic mass is 35.5. The minimum absolute atomic E-state index is 0.0327. The molecular weight excluding hydrogens is 449 g/mol. The molecule has 0 unspecified atom stereocenters. The van der Waals surface area contributed by atoms with E-state index in [-0.39, 0.29) is 12.2 Å². The number of ether oxygens (including phenoxy) is 1. The minimum Gasteiger partial charge on any atom is -0.489 e. The molecule has 0 N–H and O–H groups in total. The van der Waals surface area contributed by atoms with Crippen LogP contribution >= 0.6 is 22.9 Å². The van der Waals surface area contributed by atoms with Crippen LogP contribution in [0.5, 0.6) is 5.75 Å². The fourth-order valence-corrected chi connectivity index (χ4v) is 5.26. The first kappa shape index (κ1) is 20.8. The lowest BCUT2D eigenvalue weighted by molar-refractivity contribution is 0.300. The zero-order chi connectivity index (χ0) is 22.1. The monoisotopic (exact) mass is 467 g/mol. The van der Waals surface area contributed by atoms with Crippen molar-refractivity contribution in [2.45, 2.75) is 32.3 Å². The number of nitrogens with zero attached hydrogens (tertiary/aromatic N) is 3. The first-order chi connectivity index (χ1) is 15.6. The van der Waals surface area contributed by atoms with E-state index in [2.05, 4.69) is 10.1 Å². The Morgan fingerprint density at radius 3 is 2.81 bits per heavy atom. The molecular formula is C24H19ClFN3O2S. The molecule has 2 heterocycles. The van der Waals surface area contributed by atoms with E-state index in [1.807, 2.05) is 12.1 Å². The number of halogens is 2. The molecule has 5 rings (SSSR count). The van der Waals surface area contributed by atoms with E-state index >= 15 is 0 Å². The molecule has 2 aromatic heterocycles. The summed E-state index contributed by atoms with van der Waals surface area (Å²) in [5.41, 5.74) is 2.13. The zero-order valence-electron chi connectivity index (χ0n) is 17.1. The molecule has 8 heteroatoms. The van der Waals surface area contributed by atoms with E-state index in [0.717, 1.165) is 35.2 Å². The maximum absolute atomic E-state index is 13.9. The van der Waals surface area contributed by atoms with Crippen molar-refractivity contribution in [2.24, 2.45) is 5.10 Å². The lowest BCUT2D eigenvalue weighted by atomic mass is 9.97. The van der Waals surface area contributed by atoms with Crippen LogP contribution in [0.4, 0.5) is 4.39 Å². The third kappa shape index (κ3) is 4.06. The summed E-state index contributed by atoms with van der Waals surface area (Å²) < 4.78 is 20.8. The van der Waals surface area contributed by atoms with E-state index < -0.39 is 5.82 Å². The Bertz CT molecular complexity index is 1360. The van der Waals surface area contributed by atoms with Gasteiger partial charge in [-0.2, -0.15) is 9.78 Å². The third-order valence-corrected chi connectivity index (χ3v) is 7.07. The van der Waals surface area contributed by atoms with Crippen LogP contribution in [0.15, 0.2) is 58.7 Å². The average molecular weight is 468 g/mol. The molecule has 0 atom stereocenters. The molecule has 0 saturated carbocycles. The van der Waals surface area contributed by atoms with Gasteiger partial charge < -0.3 is 4.74 Å². The van der Waals surface area contributed by atoms with Crippen molar-refractivity contribution in [3.63, 3.8) is 0 Å². The normalized spacial score (nSPS) is 13.6. The number of hydrogen-bond acceptors (Lipinski definition) is 5. The standard InChI is InChI=1S/C24H19ClFN3O2S/c25-19-5-3-6-20(26)18(19)13-31-16-10-8-15(9-11-16)12-28-29-14-27-23-22(24(29)30)17-4-1-2-7-21(17)32-23/h3,5-6,8-12,14H,1-2,4,7,13H2/b28-12+. The highest BCUT2D eigenvalue weighted by Crippen LogP contribution is 2.33. The van der Waals surface area contributed by atoms with Gasteiger partial charge in [0.25, 0.3) is 5.56 Å². The highest BCUT2D eigenvalue weighted by Gasteiger charge is 2.19. The third-order valence-electron chi connectivity index (χ3n) is 5.52. The number of rotatable bonds is 5. The van der Waals surface area contributed by atoms with Crippen LogP contribution in [0.1, 0.15) is 34.4 Å². The Morgan fingerprint density at radius 2 is 2.00 bits per heavy atom. The van der Waals surface area contributed by atoms with Gasteiger partial charge in [0.05, 0.1) is 16.6 Å². The summed E-state index contributed by atoms with van der Waals surface area (Å²) in [6.07, 6.45) is 7.30. The van der Waals surface area contributed by atoms with Crippen LogP contribution in [0.3, 0.4) is 0 Å². The number of hydrogen-bond donors (Lipinski definition) is 0. The van der Waals surface area contributed by atoms with Crippen molar-refractivity contribution >= 4 is 39.4 Å². The molecule has 0 spiro atoms. The first-order valence-corrected chi connectivity index (χ1v) is 11.5. The number of aryl methyl sites for hydroxylation is 2. The molecule has 1 aliphatic carbocycles. The topological polar surface area (TPSA) is 56.5 Å². The summed E-state index contributed by atoms with van der Waals surface area (Å²) in [6, 6.07) is 11.7. The van der Waals surface area contributed by atoms with Crippen molar-refractivity contribution in [1.29, 1.82) is 0 Å². The van der Waals surface area contributed by atoms with E-state index in [1.54, 1.807) is 41.8 Å². The van der Waals surface area contributed by atoms with Crippen LogP contribution < -0.4 is 10.3 Å². The van der Waals surface area contributed by atoms with Gasteiger partial charge in [-0.25, -0.2) is 9.37 Å². The predicted molar refractivity (Wildman–Crippen MR) is 126 cm³/mol. The minimum atomic E-state index is -0.399. The lowest BCUT2D eigenvalue weighted by Crippen LogP contribution is -2.18. The number of fused-ring (bicyclic) bond motifs is 3. The van der Waals surface area contributed by atoms with Gasteiger partial charge in [-0.1, -0.05) is 17.7 Å². The molecule has 4 aromatic rings. The molecule has 2 aromatic carbocycles. The molecule has 1 aliphatic rings. The molecule has 5 nitrogen and oxygen atoms in total. The summed E-state index contributed by atoms with van der Waals surface area (Å²) in [4.78, 5) is 19.5. The van der Waals surface area contributed by atoms with Gasteiger partial charge in [-0.3, -0.25) is 4.79 Å². The summed E-state index contributed by atoms with van der Waals surface area (Å²) in [7, 11) is 0. The smallest absolute Gasteiger partial charge is 0.282 e. The number of aromatic nitrogens is 2. The maximum atomic E-state index is 13.9. The van der Waals surface area contributed by atoms with Crippen LogP contribution in [0, 0.1) is 5.82 Å². The van der Waals surface area contributed by atoms with Crippen LogP contribution in [0.25, 0.3) is 10.2 Å². The molecule has 0 radical (unpaired) electrons. The van der Waals surface area contributed by atoms with Crippen LogP contribution in [-0.2, 0) is 19.4 Å². The summed E-state index contributed by atoms with van der Waals surface area (Å²) in [5, 5.41) is 5.35. The largest absolute Gasteiger partial charge is 0.489 e. The van der Waals surface area contributed by atoms with Crippen LogP contribution in [0.2, 0.25) is 5.02 Å². The van der Waals surface area contributed by atoms with E-state index in [0.29, 0.717) is 21.7 Å². The fourth-order valence-electron chi connectivity index (χ4n) is 3.82. The molecule has 0 aliphatic heterocycles. The molecule has 0 saturated heterocycles. The van der Waals surface area contributed by atoms with Crippen molar-refractivity contribution in [3.05, 3.63) is 91.6 Å². The summed E-state index contributed by atoms with van der Waals surface area (Å²) in [6.45, 7) is 0.0327. The number of benzene rings is 2. The van der Waals surface area contributed by atoms with Crippen molar-refractivity contribution in [2.75, 3.05) is 0 Å². The zero-order valence-corrected chi connectivity index (χ0v) is 18.6. The molecule has 32 heavy (non-hydrogen) atoms. The number of thiophene rings is 1. The predicted octanol–water partition coefficient (Wildman–Crippen LogP) is 5.59. The van der Waals surface area contributed by atoms with E-state index in [4.69, 9.17) is 16.3 Å². The Labute approximate surface area is 192 Å². The Kier molecular flexibility index (Phi) is 5.76. The second kappa shape index (κ2) is 8.84. The fraction of sp³-hybridized carbons (Fsp3) is 0.208. The highest BCUT2D eigenvalue weighted by molar-refractivity contribution is 7.18. The van der Waals surface area contributed by atoms with Gasteiger partial charge in [0.15, 0.2) is 0 Å². The average Bonchev–Trinajstić information content (AvgIpc) is 3.18. The van der Waals surface area contributed by atoms with Crippen LogP contribution in [-0.4, -0.2) is 15.9 Å². The Hall–Kier alpha value is -3.03. The van der Waals surface area contributed by atoms with E-state index in [9.17, 15) is 9.18 Å². The van der Waals surface area contributed by atoms with Crippen molar-refractivity contribution in [3.8, 4) is 5.75 Å².